The van der Waals surface area contributed by atoms with Gasteiger partial charge in [0.05, 0.1) is 5.39 Å². The highest BCUT2D eigenvalue weighted by atomic mass is 19.4. The van der Waals surface area contributed by atoms with Crippen molar-refractivity contribution in [3.8, 4) is 28.4 Å². The monoisotopic (exact) mass is 502 g/mol. The van der Waals surface area contributed by atoms with Gasteiger partial charge in [-0.25, -0.2) is 0 Å². The number of hydrogen-bond acceptors (Lipinski definition) is 4. The van der Waals surface area contributed by atoms with Crippen molar-refractivity contribution in [1.29, 1.82) is 0 Å². The van der Waals surface area contributed by atoms with E-state index in [2.05, 4.69) is 0 Å². The summed E-state index contributed by atoms with van der Waals surface area (Å²) < 4.78 is 58.0. The maximum atomic E-state index is 13.9. The smallest absolute Gasteiger partial charge is 0.453 e. The van der Waals surface area contributed by atoms with Gasteiger partial charge in [-0.1, -0.05) is 72.3 Å². The molecule has 0 fully saturated rings. The molecule has 7 heteroatoms. The number of fused-ring (bicyclic) bond motifs is 1. The first kappa shape index (κ1) is 24.2. The van der Waals surface area contributed by atoms with Crippen molar-refractivity contribution in [2.24, 2.45) is 0 Å². The third-order valence-electron chi connectivity index (χ3n) is 5.79. The summed E-state index contributed by atoms with van der Waals surface area (Å²) in [5.41, 5.74) is 2.62. The highest BCUT2D eigenvalue weighted by molar-refractivity contribution is 5.80. The van der Waals surface area contributed by atoms with Crippen LogP contribution in [-0.4, -0.2) is 0 Å². The SMILES string of the molecule is Cc1ccc(COc2ccc3c(=O)c(Oc4ccc(-c5ccccc5)cc4)c(C(F)(F)F)oc3c2)cc1. The lowest BCUT2D eigenvalue weighted by atomic mass is 10.1. The first-order chi connectivity index (χ1) is 17.8. The van der Waals surface area contributed by atoms with Crippen molar-refractivity contribution in [1.82, 2.24) is 0 Å². The second-order valence-corrected chi connectivity index (χ2v) is 8.51. The maximum Gasteiger partial charge on any atom is 0.453 e. The molecule has 0 atom stereocenters. The van der Waals surface area contributed by atoms with E-state index in [9.17, 15) is 18.0 Å². The summed E-state index contributed by atoms with van der Waals surface area (Å²) in [6, 6.07) is 27.7. The van der Waals surface area contributed by atoms with Crippen LogP contribution in [0, 0.1) is 6.92 Å². The summed E-state index contributed by atoms with van der Waals surface area (Å²) in [7, 11) is 0. The van der Waals surface area contributed by atoms with E-state index in [0.717, 1.165) is 22.3 Å². The van der Waals surface area contributed by atoms with E-state index in [-0.39, 0.29) is 29.1 Å². The van der Waals surface area contributed by atoms with Crippen molar-refractivity contribution in [2.75, 3.05) is 0 Å². The number of hydrogen-bond donors (Lipinski definition) is 0. The van der Waals surface area contributed by atoms with E-state index >= 15 is 0 Å². The van der Waals surface area contributed by atoms with E-state index in [0.29, 0.717) is 0 Å². The molecular formula is C30H21F3O4. The van der Waals surface area contributed by atoms with E-state index in [1.165, 1.54) is 30.3 Å². The topological polar surface area (TPSA) is 48.7 Å². The van der Waals surface area contributed by atoms with Gasteiger partial charge in [0.1, 0.15) is 23.7 Å². The molecule has 4 aromatic carbocycles. The lowest BCUT2D eigenvalue weighted by molar-refractivity contribution is -0.154. The molecule has 1 heterocycles. The first-order valence-electron chi connectivity index (χ1n) is 11.5. The summed E-state index contributed by atoms with van der Waals surface area (Å²) in [5.74, 6) is -2.07. The Balaban J connectivity index is 1.46. The van der Waals surface area contributed by atoms with Gasteiger partial charge in [-0.3, -0.25) is 4.79 Å². The zero-order chi connectivity index (χ0) is 26.0. The molecule has 0 saturated carbocycles. The molecule has 37 heavy (non-hydrogen) atoms. The van der Waals surface area contributed by atoms with Crippen LogP contribution in [0.25, 0.3) is 22.1 Å². The molecule has 0 radical (unpaired) electrons. The minimum absolute atomic E-state index is 0.0495. The molecule has 0 aliphatic rings. The number of halogens is 3. The standard InChI is InChI=1S/C30H21F3O4/c1-19-7-9-20(10-8-19)18-35-24-15-16-25-26(17-24)37-29(30(31,32)33)28(27(25)34)36-23-13-11-22(12-14-23)21-5-3-2-4-6-21/h2-17H,18H2,1H3. The average Bonchev–Trinajstić information content (AvgIpc) is 2.90. The largest absolute Gasteiger partial charge is 0.489 e. The van der Waals surface area contributed by atoms with Crippen LogP contribution in [0.15, 0.2) is 106 Å². The molecular weight excluding hydrogens is 481 g/mol. The molecule has 4 nitrogen and oxygen atoms in total. The second kappa shape index (κ2) is 9.85. The Morgan fingerprint density at radius 3 is 2.11 bits per heavy atom. The van der Waals surface area contributed by atoms with E-state index in [1.807, 2.05) is 61.5 Å². The third kappa shape index (κ3) is 5.35. The third-order valence-corrected chi connectivity index (χ3v) is 5.79. The average molecular weight is 502 g/mol. The minimum atomic E-state index is -4.95. The predicted octanol–water partition coefficient (Wildman–Crippen LogP) is 8.16. The molecule has 5 aromatic rings. The zero-order valence-electron chi connectivity index (χ0n) is 19.7. The highest BCUT2D eigenvalue weighted by Gasteiger charge is 2.40. The summed E-state index contributed by atoms with van der Waals surface area (Å²) >= 11 is 0. The number of benzene rings is 4. The predicted molar refractivity (Wildman–Crippen MR) is 135 cm³/mol. The van der Waals surface area contributed by atoms with Gasteiger partial charge >= 0.3 is 6.18 Å². The summed E-state index contributed by atoms with van der Waals surface area (Å²) in [4.78, 5) is 13.1. The van der Waals surface area contributed by atoms with Crippen molar-refractivity contribution < 1.29 is 27.1 Å². The molecule has 0 N–H and O–H groups in total. The molecule has 0 spiro atoms. The van der Waals surface area contributed by atoms with Crippen molar-refractivity contribution in [3.05, 3.63) is 124 Å². The zero-order valence-corrected chi connectivity index (χ0v) is 19.7. The quantitative estimate of drug-likeness (QED) is 0.235. The lowest BCUT2D eigenvalue weighted by Crippen LogP contribution is -2.15. The van der Waals surface area contributed by atoms with Crippen LogP contribution >= 0.6 is 0 Å². The van der Waals surface area contributed by atoms with Crippen molar-refractivity contribution >= 4 is 11.0 Å². The van der Waals surface area contributed by atoms with Crippen LogP contribution in [0.4, 0.5) is 13.2 Å². The Morgan fingerprint density at radius 1 is 0.784 bits per heavy atom. The number of ether oxygens (including phenoxy) is 2. The van der Waals surface area contributed by atoms with Crippen LogP contribution in [-0.2, 0) is 12.8 Å². The minimum Gasteiger partial charge on any atom is -0.489 e. The Morgan fingerprint density at radius 2 is 1.43 bits per heavy atom. The summed E-state index contributed by atoms with van der Waals surface area (Å²) in [6.45, 7) is 2.17. The molecule has 186 valence electrons. The molecule has 0 saturated heterocycles. The number of aryl methyl sites for hydroxylation is 1. The van der Waals surface area contributed by atoms with Crippen LogP contribution in [0.2, 0.25) is 0 Å². The maximum absolute atomic E-state index is 13.9. The second-order valence-electron chi connectivity index (χ2n) is 8.51. The normalized spacial score (nSPS) is 11.5. The lowest BCUT2D eigenvalue weighted by Gasteiger charge is -2.14. The van der Waals surface area contributed by atoms with Crippen molar-refractivity contribution in [2.45, 2.75) is 19.7 Å². The van der Waals surface area contributed by atoms with Gasteiger partial charge < -0.3 is 13.9 Å². The fraction of sp³-hybridized carbons (Fsp3) is 0.100. The number of alkyl halides is 3. The van der Waals surface area contributed by atoms with Gasteiger partial charge in [-0.2, -0.15) is 13.2 Å². The highest BCUT2D eigenvalue weighted by Crippen LogP contribution is 2.39. The molecule has 0 aliphatic heterocycles. The Hall–Kier alpha value is -4.52. The molecule has 1 aromatic heterocycles. The first-order valence-corrected chi connectivity index (χ1v) is 11.5. The van der Waals surface area contributed by atoms with Crippen LogP contribution in [0.3, 0.4) is 0 Å². The fourth-order valence-electron chi connectivity index (χ4n) is 3.84. The van der Waals surface area contributed by atoms with E-state index < -0.39 is 23.1 Å². The van der Waals surface area contributed by atoms with Gasteiger partial charge in [0.2, 0.25) is 11.2 Å². The Bertz CT molecular complexity index is 1590. The van der Waals surface area contributed by atoms with E-state index in [1.54, 1.807) is 12.1 Å². The van der Waals surface area contributed by atoms with Crippen LogP contribution in [0.5, 0.6) is 17.2 Å². The van der Waals surface area contributed by atoms with Gasteiger partial charge in [0, 0.05) is 6.07 Å². The van der Waals surface area contributed by atoms with Crippen LogP contribution < -0.4 is 14.9 Å². The van der Waals surface area contributed by atoms with Gasteiger partial charge in [-0.05, 0) is 47.9 Å². The van der Waals surface area contributed by atoms with Gasteiger partial charge in [-0.15, -0.1) is 0 Å². The molecule has 0 aliphatic carbocycles. The molecule has 0 bridgehead atoms. The molecule has 5 rings (SSSR count). The van der Waals surface area contributed by atoms with E-state index in [4.69, 9.17) is 13.9 Å². The Kier molecular flexibility index (Phi) is 6.44. The fourth-order valence-corrected chi connectivity index (χ4v) is 3.84. The van der Waals surface area contributed by atoms with Gasteiger partial charge in [0.25, 0.3) is 5.76 Å². The number of rotatable bonds is 6. The molecule has 0 amide bonds. The van der Waals surface area contributed by atoms with Crippen molar-refractivity contribution in [3.63, 3.8) is 0 Å². The summed E-state index contributed by atoms with van der Waals surface area (Å²) in [6.07, 6.45) is -4.95. The van der Waals surface area contributed by atoms with Crippen LogP contribution in [0.1, 0.15) is 16.9 Å². The van der Waals surface area contributed by atoms with Gasteiger partial charge in [0.15, 0.2) is 0 Å². The summed E-state index contributed by atoms with van der Waals surface area (Å²) in [5, 5.41) is -0.0495. The Labute approximate surface area is 210 Å². The molecule has 0 unspecified atom stereocenters.